The summed E-state index contributed by atoms with van der Waals surface area (Å²) in [7, 11) is 0. The molecule has 2 rings (SSSR count). The summed E-state index contributed by atoms with van der Waals surface area (Å²) in [6.45, 7) is 1.78. The Morgan fingerprint density at radius 3 is 2.27 bits per heavy atom. The number of nitro groups is 2. The van der Waals surface area contributed by atoms with E-state index in [-0.39, 0.29) is 5.69 Å². The number of anilines is 3. The highest BCUT2D eigenvalue weighted by atomic mass is 19.1. The van der Waals surface area contributed by atoms with Crippen molar-refractivity contribution >= 4 is 28.4 Å². The van der Waals surface area contributed by atoms with Crippen LogP contribution in [0.2, 0.25) is 0 Å². The van der Waals surface area contributed by atoms with Gasteiger partial charge >= 0.3 is 5.69 Å². The summed E-state index contributed by atoms with van der Waals surface area (Å²) in [5.41, 5.74) is 5.64. The van der Waals surface area contributed by atoms with Crippen molar-refractivity contribution in [2.24, 2.45) is 0 Å². The molecule has 0 atom stereocenters. The SMILES string of the molecule is Cc1ccc(Nc2cc(F)c([N+](=O)[O-])cc2[N+](=O)[O-])cc1N. The minimum Gasteiger partial charge on any atom is -0.398 e. The Labute approximate surface area is 123 Å². The zero-order valence-electron chi connectivity index (χ0n) is 11.4. The van der Waals surface area contributed by atoms with Gasteiger partial charge in [-0.05, 0) is 24.6 Å². The van der Waals surface area contributed by atoms with Gasteiger partial charge in [0.2, 0.25) is 5.82 Å². The maximum atomic E-state index is 13.7. The summed E-state index contributed by atoms with van der Waals surface area (Å²) < 4.78 is 13.7. The van der Waals surface area contributed by atoms with Crippen LogP contribution in [-0.4, -0.2) is 9.85 Å². The molecule has 9 heteroatoms. The summed E-state index contributed by atoms with van der Waals surface area (Å²) in [5, 5.41) is 24.3. The van der Waals surface area contributed by atoms with Gasteiger partial charge in [0, 0.05) is 17.4 Å². The van der Waals surface area contributed by atoms with Gasteiger partial charge in [-0.3, -0.25) is 20.2 Å². The molecule has 0 unspecified atom stereocenters. The normalized spacial score (nSPS) is 10.3. The van der Waals surface area contributed by atoms with Gasteiger partial charge in [0.15, 0.2) is 0 Å². The molecule has 0 spiro atoms. The number of halogens is 1. The highest BCUT2D eigenvalue weighted by Crippen LogP contribution is 2.34. The molecule has 0 saturated carbocycles. The molecule has 0 aliphatic rings. The standard InChI is InChI=1S/C13H11FN4O4/c1-7-2-3-8(4-10(7)15)16-11-5-9(14)12(17(19)20)6-13(11)18(21)22/h2-6,16H,15H2,1H3. The first kappa shape index (κ1) is 15.2. The fourth-order valence-corrected chi connectivity index (χ4v) is 1.82. The Bertz CT molecular complexity index is 779. The predicted molar refractivity (Wildman–Crippen MR) is 78.6 cm³/mol. The second-order valence-corrected chi connectivity index (χ2v) is 4.53. The van der Waals surface area contributed by atoms with E-state index in [1.54, 1.807) is 19.1 Å². The maximum absolute atomic E-state index is 13.7. The Balaban J connectivity index is 2.49. The Hall–Kier alpha value is -3.23. The summed E-state index contributed by atoms with van der Waals surface area (Å²) in [6, 6.07) is 6.11. The van der Waals surface area contributed by atoms with Gasteiger partial charge in [-0.15, -0.1) is 0 Å². The molecule has 0 bridgehead atoms. The van der Waals surface area contributed by atoms with Gasteiger partial charge in [-0.2, -0.15) is 4.39 Å². The number of hydrogen-bond donors (Lipinski definition) is 2. The van der Waals surface area contributed by atoms with Crippen LogP contribution < -0.4 is 11.1 Å². The van der Waals surface area contributed by atoms with Crippen molar-refractivity contribution in [1.82, 2.24) is 0 Å². The molecular weight excluding hydrogens is 295 g/mol. The molecule has 0 fully saturated rings. The number of rotatable bonds is 4. The summed E-state index contributed by atoms with van der Waals surface area (Å²) >= 11 is 0. The van der Waals surface area contributed by atoms with Crippen molar-refractivity contribution in [1.29, 1.82) is 0 Å². The molecule has 8 nitrogen and oxygen atoms in total. The van der Waals surface area contributed by atoms with Crippen LogP contribution in [0.15, 0.2) is 30.3 Å². The third kappa shape index (κ3) is 2.92. The molecule has 22 heavy (non-hydrogen) atoms. The molecule has 0 aliphatic heterocycles. The molecule has 0 amide bonds. The average molecular weight is 306 g/mol. The van der Waals surface area contributed by atoms with E-state index in [1.807, 2.05) is 0 Å². The molecule has 2 aromatic rings. The number of hydrogen-bond acceptors (Lipinski definition) is 6. The molecule has 2 aromatic carbocycles. The molecule has 0 heterocycles. The second-order valence-electron chi connectivity index (χ2n) is 4.53. The van der Waals surface area contributed by atoms with Crippen LogP contribution in [0.3, 0.4) is 0 Å². The third-order valence-corrected chi connectivity index (χ3v) is 3.02. The zero-order valence-corrected chi connectivity index (χ0v) is 11.4. The summed E-state index contributed by atoms with van der Waals surface area (Å²) in [6.07, 6.45) is 0. The van der Waals surface area contributed by atoms with Crippen molar-refractivity contribution in [2.45, 2.75) is 6.92 Å². The average Bonchev–Trinajstić information content (AvgIpc) is 2.42. The van der Waals surface area contributed by atoms with Crippen LogP contribution in [0, 0.1) is 33.0 Å². The number of nitrogen functional groups attached to an aromatic ring is 1. The largest absolute Gasteiger partial charge is 0.398 e. The van der Waals surface area contributed by atoms with Crippen LogP contribution in [0.5, 0.6) is 0 Å². The van der Waals surface area contributed by atoms with Crippen LogP contribution in [0.4, 0.5) is 32.8 Å². The van der Waals surface area contributed by atoms with E-state index in [0.29, 0.717) is 23.5 Å². The first-order valence-corrected chi connectivity index (χ1v) is 6.05. The number of nitrogens with one attached hydrogen (secondary N) is 1. The van der Waals surface area contributed by atoms with Crippen LogP contribution in [0.1, 0.15) is 5.56 Å². The molecule has 0 saturated heterocycles. The minimum absolute atomic E-state index is 0.198. The fraction of sp³-hybridized carbons (Fsp3) is 0.0769. The lowest BCUT2D eigenvalue weighted by atomic mass is 10.1. The lowest BCUT2D eigenvalue weighted by Gasteiger charge is -2.09. The van der Waals surface area contributed by atoms with Gasteiger partial charge < -0.3 is 11.1 Å². The molecule has 0 aliphatic carbocycles. The molecule has 0 aromatic heterocycles. The predicted octanol–water partition coefficient (Wildman–Crippen LogP) is 3.28. The highest BCUT2D eigenvalue weighted by molar-refractivity contribution is 5.73. The number of aryl methyl sites for hydroxylation is 1. The second kappa shape index (κ2) is 5.64. The van der Waals surface area contributed by atoms with E-state index in [1.165, 1.54) is 6.07 Å². The van der Waals surface area contributed by atoms with E-state index in [4.69, 9.17) is 5.73 Å². The smallest absolute Gasteiger partial charge is 0.311 e. The minimum atomic E-state index is -1.17. The molecule has 3 N–H and O–H groups in total. The van der Waals surface area contributed by atoms with E-state index < -0.39 is 27.0 Å². The lowest BCUT2D eigenvalue weighted by Crippen LogP contribution is -2.01. The molecular formula is C13H11FN4O4. The van der Waals surface area contributed by atoms with Gasteiger partial charge in [-0.1, -0.05) is 6.07 Å². The van der Waals surface area contributed by atoms with Crippen molar-refractivity contribution in [3.8, 4) is 0 Å². The van der Waals surface area contributed by atoms with E-state index >= 15 is 0 Å². The first-order chi connectivity index (χ1) is 10.3. The zero-order chi connectivity index (χ0) is 16.4. The van der Waals surface area contributed by atoms with Crippen molar-refractivity contribution in [2.75, 3.05) is 11.1 Å². The Kier molecular flexibility index (Phi) is 3.89. The Morgan fingerprint density at radius 2 is 1.73 bits per heavy atom. The van der Waals surface area contributed by atoms with Gasteiger partial charge in [-0.25, -0.2) is 0 Å². The van der Waals surface area contributed by atoms with Crippen molar-refractivity contribution in [3.63, 3.8) is 0 Å². The Morgan fingerprint density at radius 1 is 1.09 bits per heavy atom. The number of nitrogens with two attached hydrogens (primary N) is 1. The van der Waals surface area contributed by atoms with Crippen molar-refractivity contribution < 1.29 is 14.2 Å². The maximum Gasteiger partial charge on any atom is 0.311 e. The quantitative estimate of drug-likeness (QED) is 0.507. The lowest BCUT2D eigenvalue weighted by molar-refractivity contribution is -0.395. The summed E-state index contributed by atoms with van der Waals surface area (Å²) in [4.78, 5) is 19.8. The monoisotopic (exact) mass is 306 g/mol. The third-order valence-electron chi connectivity index (χ3n) is 3.02. The number of nitro benzene ring substituents is 2. The van der Waals surface area contributed by atoms with E-state index in [9.17, 15) is 24.6 Å². The van der Waals surface area contributed by atoms with Crippen LogP contribution in [0.25, 0.3) is 0 Å². The molecule has 114 valence electrons. The van der Waals surface area contributed by atoms with Gasteiger partial charge in [0.1, 0.15) is 5.69 Å². The highest BCUT2D eigenvalue weighted by Gasteiger charge is 2.24. The number of nitrogens with zero attached hydrogens (tertiary/aromatic N) is 2. The van der Waals surface area contributed by atoms with Gasteiger partial charge in [0.05, 0.1) is 15.9 Å². The topological polar surface area (TPSA) is 124 Å². The first-order valence-electron chi connectivity index (χ1n) is 6.05. The summed E-state index contributed by atoms with van der Waals surface area (Å²) in [5.74, 6) is -1.17. The van der Waals surface area contributed by atoms with Crippen LogP contribution >= 0.6 is 0 Å². The van der Waals surface area contributed by atoms with Crippen molar-refractivity contribution in [3.05, 3.63) is 61.9 Å². The molecule has 0 radical (unpaired) electrons. The fourth-order valence-electron chi connectivity index (χ4n) is 1.82. The van der Waals surface area contributed by atoms with E-state index in [0.717, 1.165) is 5.56 Å². The van der Waals surface area contributed by atoms with Gasteiger partial charge in [0.25, 0.3) is 5.69 Å². The van der Waals surface area contributed by atoms with Crippen LogP contribution in [-0.2, 0) is 0 Å². The number of benzene rings is 2. The van der Waals surface area contributed by atoms with E-state index in [2.05, 4.69) is 5.32 Å².